The van der Waals surface area contributed by atoms with Crippen molar-refractivity contribution in [2.24, 2.45) is 0 Å². The number of rotatable bonds is 6. The molecule has 5 nitrogen and oxygen atoms in total. The standard InChI is InChI=1S/C19H19F2NO4/c1-11-8-9-15(12(2)10-11)22-17(23)13(3)25-18(24)14-6-4-5-7-16(14)26-19(20)21/h4-10,13,19H,1-3H3,(H,22,23). The third-order valence-corrected chi connectivity index (χ3v) is 3.62. The van der Waals surface area contributed by atoms with E-state index in [4.69, 9.17) is 4.74 Å². The minimum absolute atomic E-state index is 0.182. The summed E-state index contributed by atoms with van der Waals surface area (Å²) in [5, 5.41) is 2.67. The molecular formula is C19H19F2NO4. The highest BCUT2D eigenvalue weighted by Gasteiger charge is 2.22. The highest BCUT2D eigenvalue weighted by molar-refractivity contribution is 5.98. The predicted molar refractivity (Wildman–Crippen MR) is 92.5 cm³/mol. The number of aryl methyl sites for hydroxylation is 2. The van der Waals surface area contributed by atoms with Crippen LogP contribution in [0.3, 0.4) is 0 Å². The van der Waals surface area contributed by atoms with Crippen LogP contribution in [0.25, 0.3) is 0 Å². The van der Waals surface area contributed by atoms with Gasteiger partial charge >= 0.3 is 12.6 Å². The Hall–Kier alpha value is -2.96. The van der Waals surface area contributed by atoms with Gasteiger partial charge in [0, 0.05) is 5.69 Å². The van der Waals surface area contributed by atoms with Crippen LogP contribution >= 0.6 is 0 Å². The Morgan fingerprint density at radius 2 is 1.77 bits per heavy atom. The van der Waals surface area contributed by atoms with Gasteiger partial charge < -0.3 is 14.8 Å². The zero-order valence-corrected chi connectivity index (χ0v) is 14.6. The molecule has 0 aliphatic rings. The van der Waals surface area contributed by atoms with Gasteiger partial charge in [0.2, 0.25) is 0 Å². The molecule has 2 rings (SSSR count). The Kier molecular flexibility index (Phi) is 6.27. The summed E-state index contributed by atoms with van der Waals surface area (Å²) in [4.78, 5) is 24.4. The number of carbonyl (C=O) groups excluding carboxylic acids is 2. The fourth-order valence-electron chi connectivity index (χ4n) is 2.30. The summed E-state index contributed by atoms with van der Waals surface area (Å²) < 4.78 is 34.2. The van der Waals surface area contributed by atoms with E-state index in [0.717, 1.165) is 11.1 Å². The molecule has 1 amide bonds. The van der Waals surface area contributed by atoms with Crippen LogP contribution in [-0.2, 0) is 9.53 Å². The maximum Gasteiger partial charge on any atom is 0.387 e. The number of alkyl halides is 2. The zero-order chi connectivity index (χ0) is 19.3. The Balaban J connectivity index is 2.06. The highest BCUT2D eigenvalue weighted by Crippen LogP contribution is 2.22. The molecule has 0 fully saturated rings. The largest absolute Gasteiger partial charge is 0.449 e. The molecule has 0 aliphatic carbocycles. The second kappa shape index (κ2) is 8.42. The molecule has 1 N–H and O–H groups in total. The Morgan fingerprint density at radius 1 is 1.08 bits per heavy atom. The van der Waals surface area contributed by atoms with Gasteiger partial charge in [-0.25, -0.2) is 4.79 Å². The van der Waals surface area contributed by atoms with Crippen molar-refractivity contribution in [3.05, 3.63) is 59.2 Å². The summed E-state index contributed by atoms with van der Waals surface area (Å²) in [5.74, 6) is -1.77. The maximum absolute atomic E-state index is 12.4. The Labute approximate surface area is 149 Å². The summed E-state index contributed by atoms with van der Waals surface area (Å²) in [5.41, 5.74) is 2.34. The number of hydrogen-bond donors (Lipinski definition) is 1. The minimum atomic E-state index is -3.07. The van der Waals surface area contributed by atoms with Crippen LogP contribution in [0.4, 0.5) is 14.5 Å². The van der Waals surface area contributed by atoms with Gasteiger partial charge in [0.15, 0.2) is 6.10 Å². The van der Waals surface area contributed by atoms with Gasteiger partial charge in [0.25, 0.3) is 5.91 Å². The van der Waals surface area contributed by atoms with Gasteiger partial charge in [-0.3, -0.25) is 4.79 Å². The number of amides is 1. The van der Waals surface area contributed by atoms with Crippen LogP contribution in [0.15, 0.2) is 42.5 Å². The smallest absolute Gasteiger partial charge is 0.387 e. The quantitative estimate of drug-likeness (QED) is 0.785. The lowest BCUT2D eigenvalue weighted by Crippen LogP contribution is -2.30. The fraction of sp³-hybridized carbons (Fsp3) is 0.263. The van der Waals surface area contributed by atoms with E-state index in [9.17, 15) is 18.4 Å². The summed E-state index contributed by atoms with van der Waals surface area (Å²) in [6.45, 7) is 2.10. The van der Waals surface area contributed by atoms with Crippen molar-refractivity contribution >= 4 is 17.6 Å². The first-order chi connectivity index (χ1) is 12.3. The number of nitrogens with one attached hydrogen (secondary N) is 1. The zero-order valence-electron chi connectivity index (χ0n) is 14.6. The molecule has 0 radical (unpaired) electrons. The molecule has 0 saturated carbocycles. The Morgan fingerprint density at radius 3 is 2.42 bits per heavy atom. The molecule has 2 aromatic carbocycles. The molecule has 7 heteroatoms. The van der Waals surface area contributed by atoms with Crippen LogP contribution in [-0.4, -0.2) is 24.6 Å². The maximum atomic E-state index is 12.4. The van der Waals surface area contributed by atoms with Crippen molar-refractivity contribution in [2.75, 3.05) is 5.32 Å². The van der Waals surface area contributed by atoms with E-state index in [1.807, 2.05) is 26.0 Å². The number of halogens is 2. The van der Waals surface area contributed by atoms with Crippen molar-refractivity contribution in [3.63, 3.8) is 0 Å². The molecule has 2 aromatic rings. The van der Waals surface area contributed by atoms with Crippen LogP contribution in [0.2, 0.25) is 0 Å². The first-order valence-corrected chi connectivity index (χ1v) is 7.91. The third kappa shape index (κ3) is 5.02. The van der Waals surface area contributed by atoms with E-state index in [0.29, 0.717) is 5.69 Å². The van der Waals surface area contributed by atoms with E-state index in [1.54, 1.807) is 6.07 Å². The first-order valence-electron chi connectivity index (χ1n) is 7.91. The molecule has 0 spiro atoms. The molecule has 0 bridgehead atoms. The summed E-state index contributed by atoms with van der Waals surface area (Å²) in [6, 6.07) is 10.9. The normalized spacial score (nSPS) is 11.8. The van der Waals surface area contributed by atoms with Crippen molar-refractivity contribution in [1.82, 2.24) is 0 Å². The van der Waals surface area contributed by atoms with Gasteiger partial charge in [-0.05, 0) is 44.5 Å². The van der Waals surface area contributed by atoms with E-state index < -0.39 is 24.6 Å². The molecule has 1 unspecified atom stereocenters. The summed E-state index contributed by atoms with van der Waals surface area (Å²) >= 11 is 0. The van der Waals surface area contributed by atoms with E-state index >= 15 is 0 Å². The molecule has 0 heterocycles. The topological polar surface area (TPSA) is 64.6 Å². The molecule has 1 atom stereocenters. The van der Waals surface area contributed by atoms with Crippen LogP contribution in [0.5, 0.6) is 5.75 Å². The molecule has 26 heavy (non-hydrogen) atoms. The lowest BCUT2D eigenvalue weighted by Gasteiger charge is -2.16. The molecule has 0 aromatic heterocycles. The number of ether oxygens (including phenoxy) is 2. The third-order valence-electron chi connectivity index (χ3n) is 3.62. The second-order valence-electron chi connectivity index (χ2n) is 5.73. The lowest BCUT2D eigenvalue weighted by molar-refractivity contribution is -0.123. The average Bonchev–Trinajstić information content (AvgIpc) is 2.57. The number of benzene rings is 2. The van der Waals surface area contributed by atoms with Crippen molar-refractivity contribution in [2.45, 2.75) is 33.5 Å². The molecule has 138 valence electrons. The number of esters is 1. The van der Waals surface area contributed by atoms with Gasteiger partial charge in [-0.2, -0.15) is 8.78 Å². The predicted octanol–water partition coefficient (Wildman–Crippen LogP) is 4.09. The number of anilines is 1. The van der Waals surface area contributed by atoms with Crippen LogP contribution < -0.4 is 10.1 Å². The highest BCUT2D eigenvalue weighted by atomic mass is 19.3. The monoisotopic (exact) mass is 363 g/mol. The van der Waals surface area contributed by atoms with Crippen molar-refractivity contribution < 1.29 is 27.8 Å². The van der Waals surface area contributed by atoms with E-state index in [1.165, 1.54) is 31.2 Å². The molecular weight excluding hydrogens is 344 g/mol. The second-order valence-corrected chi connectivity index (χ2v) is 5.73. The Bertz CT molecular complexity index is 808. The van der Waals surface area contributed by atoms with Crippen molar-refractivity contribution in [1.29, 1.82) is 0 Å². The number of hydrogen-bond acceptors (Lipinski definition) is 4. The summed E-state index contributed by atoms with van der Waals surface area (Å²) in [6.07, 6.45) is -1.12. The van der Waals surface area contributed by atoms with E-state index in [2.05, 4.69) is 10.1 Å². The SMILES string of the molecule is Cc1ccc(NC(=O)C(C)OC(=O)c2ccccc2OC(F)F)c(C)c1. The van der Waals surface area contributed by atoms with Crippen LogP contribution in [0, 0.1) is 13.8 Å². The minimum Gasteiger partial charge on any atom is -0.449 e. The van der Waals surface area contributed by atoms with Gasteiger partial charge in [0.1, 0.15) is 11.3 Å². The lowest BCUT2D eigenvalue weighted by atomic mass is 10.1. The summed E-state index contributed by atoms with van der Waals surface area (Å²) in [7, 11) is 0. The van der Waals surface area contributed by atoms with Gasteiger partial charge in [-0.15, -0.1) is 0 Å². The van der Waals surface area contributed by atoms with Crippen LogP contribution in [0.1, 0.15) is 28.4 Å². The molecule has 0 saturated heterocycles. The van der Waals surface area contributed by atoms with Gasteiger partial charge in [-0.1, -0.05) is 29.8 Å². The van der Waals surface area contributed by atoms with Crippen molar-refractivity contribution in [3.8, 4) is 5.75 Å². The number of carbonyl (C=O) groups is 2. The number of para-hydroxylation sites is 1. The van der Waals surface area contributed by atoms with E-state index in [-0.39, 0.29) is 11.3 Å². The molecule has 0 aliphatic heterocycles. The van der Waals surface area contributed by atoms with Gasteiger partial charge in [0.05, 0.1) is 0 Å². The fourth-order valence-corrected chi connectivity index (χ4v) is 2.30. The average molecular weight is 363 g/mol. The first kappa shape index (κ1) is 19.4.